The monoisotopic (exact) mass is 451 g/mol. The summed E-state index contributed by atoms with van der Waals surface area (Å²) in [5.41, 5.74) is 2.56. The van der Waals surface area contributed by atoms with Gasteiger partial charge in [-0.2, -0.15) is 0 Å². The molecule has 0 bridgehead atoms. The minimum Gasteiger partial charge on any atom is -0.321 e. The second kappa shape index (κ2) is 9.71. The lowest BCUT2D eigenvalue weighted by atomic mass is 10.2. The molecule has 8 heteroatoms. The van der Waals surface area contributed by atoms with Gasteiger partial charge in [0.25, 0.3) is 5.91 Å². The fraction of sp³-hybridized carbons (Fsp3) is 0.0455. The van der Waals surface area contributed by atoms with E-state index in [1.54, 1.807) is 6.07 Å². The van der Waals surface area contributed by atoms with Crippen LogP contribution in [0.15, 0.2) is 82.4 Å². The van der Waals surface area contributed by atoms with Gasteiger partial charge in [0.15, 0.2) is 5.13 Å². The molecule has 30 heavy (non-hydrogen) atoms. The molecular formula is C22H17N3O2S3. The third kappa shape index (κ3) is 5.35. The van der Waals surface area contributed by atoms with Crippen LogP contribution in [0.5, 0.6) is 0 Å². The fourth-order valence-corrected chi connectivity index (χ4v) is 4.75. The van der Waals surface area contributed by atoms with Crippen molar-refractivity contribution in [1.82, 2.24) is 4.98 Å². The molecule has 0 aliphatic heterocycles. The Labute approximate surface area is 186 Å². The highest BCUT2D eigenvalue weighted by atomic mass is 32.2. The van der Waals surface area contributed by atoms with Crippen LogP contribution in [0.3, 0.4) is 0 Å². The van der Waals surface area contributed by atoms with Crippen LogP contribution in [-0.2, 0) is 4.79 Å². The van der Waals surface area contributed by atoms with Crippen LogP contribution in [0.25, 0.3) is 11.3 Å². The number of thiazole rings is 1. The molecule has 2 aromatic heterocycles. The summed E-state index contributed by atoms with van der Waals surface area (Å²) in [7, 11) is 0. The highest BCUT2D eigenvalue weighted by Gasteiger charge is 2.10. The van der Waals surface area contributed by atoms with Crippen LogP contribution >= 0.6 is 34.4 Å². The molecule has 5 nitrogen and oxygen atoms in total. The van der Waals surface area contributed by atoms with E-state index in [-0.39, 0.29) is 17.6 Å². The Hall–Kier alpha value is -2.94. The summed E-state index contributed by atoms with van der Waals surface area (Å²) in [6.07, 6.45) is 0. The van der Waals surface area contributed by atoms with Crippen molar-refractivity contribution in [2.75, 3.05) is 16.4 Å². The number of amides is 2. The summed E-state index contributed by atoms with van der Waals surface area (Å²) in [6.45, 7) is 0. The van der Waals surface area contributed by atoms with Crippen molar-refractivity contribution in [3.05, 3.63) is 82.4 Å². The van der Waals surface area contributed by atoms with Crippen LogP contribution in [0.2, 0.25) is 0 Å². The highest BCUT2D eigenvalue weighted by Crippen LogP contribution is 2.26. The first kappa shape index (κ1) is 20.3. The lowest BCUT2D eigenvalue weighted by Crippen LogP contribution is -2.13. The molecule has 150 valence electrons. The number of aromatic nitrogens is 1. The van der Waals surface area contributed by atoms with Crippen molar-refractivity contribution in [1.29, 1.82) is 0 Å². The maximum atomic E-state index is 12.3. The van der Waals surface area contributed by atoms with E-state index in [2.05, 4.69) is 15.6 Å². The van der Waals surface area contributed by atoms with Gasteiger partial charge in [0, 0.05) is 21.5 Å². The molecule has 0 saturated heterocycles. The van der Waals surface area contributed by atoms with Crippen molar-refractivity contribution < 1.29 is 9.59 Å². The van der Waals surface area contributed by atoms with Gasteiger partial charge >= 0.3 is 0 Å². The Balaban J connectivity index is 1.31. The number of carbonyl (C=O) groups is 2. The average Bonchev–Trinajstić information content (AvgIpc) is 3.46. The lowest BCUT2D eigenvalue weighted by molar-refractivity contribution is -0.113. The summed E-state index contributed by atoms with van der Waals surface area (Å²) in [5.74, 6) is -0.00683. The van der Waals surface area contributed by atoms with Crippen LogP contribution in [0.1, 0.15) is 9.67 Å². The molecule has 0 fully saturated rings. The van der Waals surface area contributed by atoms with Gasteiger partial charge < -0.3 is 10.6 Å². The van der Waals surface area contributed by atoms with E-state index in [1.165, 1.54) is 34.4 Å². The first-order valence-electron chi connectivity index (χ1n) is 9.06. The smallest absolute Gasteiger partial charge is 0.265 e. The van der Waals surface area contributed by atoms with Crippen molar-refractivity contribution in [2.24, 2.45) is 0 Å². The van der Waals surface area contributed by atoms with Gasteiger partial charge in [-0.1, -0.05) is 42.5 Å². The van der Waals surface area contributed by atoms with Crippen molar-refractivity contribution in [3.8, 4) is 11.3 Å². The Bertz CT molecular complexity index is 1140. The van der Waals surface area contributed by atoms with Crippen molar-refractivity contribution in [2.45, 2.75) is 4.90 Å². The van der Waals surface area contributed by atoms with Gasteiger partial charge in [-0.15, -0.1) is 34.4 Å². The molecule has 0 atom stereocenters. The number of thioether (sulfide) groups is 1. The van der Waals surface area contributed by atoms with E-state index in [0.717, 1.165) is 16.2 Å². The number of anilines is 2. The van der Waals surface area contributed by atoms with E-state index in [0.29, 0.717) is 15.7 Å². The Kier molecular flexibility index (Phi) is 6.58. The quantitative estimate of drug-likeness (QED) is 0.346. The lowest BCUT2D eigenvalue weighted by Gasteiger charge is -2.06. The molecule has 0 saturated carbocycles. The molecule has 4 aromatic rings. The maximum absolute atomic E-state index is 12.3. The highest BCUT2D eigenvalue weighted by molar-refractivity contribution is 8.00. The number of hydrogen-bond donors (Lipinski definition) is 2. The van der Waals surface area contributed by atoms with E-state index < -0.39 is 0 Å². The summed E-state index contributed by atoms with van der Waals surface area (Å²) in [6, 6.07) is 20.9. The predicted molar refractivity (Wildman–Crippen MR) is 126 cm³/mol. The molecule has 0 spiro atoms. The second-order valence-corrected chi connectivity index (χ2v) is 9.05. The topological polar surface area (TPSA) is 71.1 Å². The van der Waals surface area contributed by atoms with Gasteiger partial charge in [0.05, 0.1) is 16.3 Å². The molecule has 0 aliphatic rings. The maximum Gasteiger partial charge on any atom is 0.265 e. The van der Waals surface area contributed by atoms with Crippen molar-refractivity contribution >= 4 is 57.1 Å². The minimum atomic E-state index is -0.136. The zero-order chi connectivity index (χ0) is 20.8. The predicted octanol–water partition coefficient (Wildman–Crippen LogP) is 5.85. The molecule has 2 heterocycles. The van der Waals surface area contributed by atoms with E-state index in [1.807, 2.05) is 71.4 Å². The number of thiophene rings is 1. The van der Waals surface area contributed by atoms with E-state index in [9.17, 15) is 9.59 Å². The van der Waals surface area contributed by atoms with Gasteiger partial charge in [0.2, 0.25) is 5.91 Å². The molecule has 4 rings (SSSR count). The first-order valence-corrected chi connectivity index (χ1v) is 11.8. The van der Waals surface area contributed by atoms with E-state index >= 15 is 0 Å². The molecule has 0 unspecified atom stereocenters. The van der Waals surface area contributed by atoms with Crippen molar-refractivity contribution in [3.63, 3.8) is 0 Å². The SMILES string of the molecule is O=C(CSc1cccc(NC(=O)c2cccs2)c1)Nc1nc(-c2ccccc2)cs1. The van der Waals surface area contributed by atoms with Crippen LogP contribution in [0, 0.1) is 0 Å². The number of rotatable bonds is 7. The van der Waals surface area contributed by atoms with Gasteiger partial charge in [-0.05, 0) is 29.6 Å². The summed E-state index contributed by atoms with van der Waals surface area (Å²) in [5, 5.41) is 10.1. The molecular weight excluding hydrogens is 434 g/mol. The summed E-state index contributed by atoms with van der Waals surface area (Å²) < 4.78 is 0. The summed E-state index contributed by atoms with van der Waals surface area (Å²) in [4.78, 5) is 30.5. The van der Waals surface area contributed by atoms with Crippen LogP contribution < -0.4 is 10.6 Å². The molecule has 2 N–H and O–H groups in total. The second-order valence-electron chi connectivity index (χ2n) is 6.20. The largest absolute Gasteiger partial charge is 0.321 e. The average molecular weight is 452 g/mol. The van der Waals surface area contributed by atoms with Crippen LogP contribution in [-0.4, -0.2) is 22.6 Å². The van der Waals surface area contributed by atoms with Crippen LogP contribution in [0.4, 0.5) is 10.8 Å². The fourth-order valence-electron chi connectivity index (χ4n) is 2.64. The molecule has 0 aliphatic carbocycles. The van der Waals surface area contributed by atoms with Gasteiger partial charge in [-0.3, -0.25) is 9.59 Å². The number of carbonyl (C=O) groups excluding carboxylic acids is 2. The Morgan fingerprint density at radius 1 is 0.933 bits per heavy atom. The van der Waals surface area contributed by atoms with E-state index in [4.69, 9.17) is 0 Å². The molecule has 0 radical (unpaired) electrons. The third-order valence-electron chi connectivity index (χ3n) is 4.03. The molecule has 2 aromatic carbocycles. The molecule has 2 amide bonds. The third-order valence-corrected chi connectivity index (χ3v) is 6.65. The normalized spacial score (nSPS) is 10.5. The minimum absolute atomic E-state index is 0.123. The number of nitrogens with zero attached hydrogens (tertiary/aromatic N) is 1. The summed E-state index contributed by atoms with van der Waals surface area (Å²) >= 11 is 4.20. The number of nitrogens with one attached hydrogen (secondary N) is 2. The zero-order valence-electron chi connectivity index (χ0n) is 15.7. The Morgan fingerprint density at radius 3 is 2.60 bits per heavy atom. The standard InChI is InChI=1S/C22H17N3O2S3/c26-20(25-22-24-18(13-30-22)15-6-2-1-3-7-15)14-29-17-9-4-8-16(12-17)23-21(27)19-10-5-11-28-19/h1-13H,14H2,(H,23,27)(H,24,25,26). The Morgan fingerprint density at radius 2 is 1.80 bits per heavy atom. The van der Waals surface area contributed by atoms with Gasteiger partial charge in [0.1, 0.15) is 0 Å². The number of hydrogen-bond acceptors (Lipinski definition) is 6. The number of benzene rings is 2. The first-order chi connectivity index (χ1) is 14.7. The zero-order valence-corrected chi connectivity index (χ0v) is 18.2. The van der Waals surface area contributed by atoms with Gasteiger partial charge in [-0.25, -0.2) is 4.98 Å².